The first kappa shape index (κ1) is 15.3. The van der Waals surface area contributed by atoms with Crippen LogP contribution in [0.4, 0.5) is 23.0 Å². The molecule has 0 radical (unpaired) electrons. The number of carbonyl (C=O) groups excluding carboxylic acids is 1. The SMILES string of the molecule is Cc1ccc(Nc2ncnc(NNC(=O)c3ccco3)c2N)cc1. The van der Waals surface area contributed by atoms with E-state index in [1.807, 2.05) is 31.2 Å². The molecule has 0 fully saturated rings. The highest BCUT2D eigenvalue weighted by molar-refractivity contribution is 5.92. The third kappa shape index (κ3) is 3.43. The van der Waals surface area contributed by atoms with Gasteiger partial charge in [-0.15, -0.1) is 0 Å². The summed E-state index contributed by atoms with van der Waals surface area (Å²) in [6.45, 7) is 2.01. The summed E-state index contributed by atoms with van der Waals surface area (Å²) in [5.74, 6) is 0.447. The molecule has 3 aromatic rings. The Morgan fingerprint density at radius 3 is 2.58 bits per heavy atom. The molecule has 1 aromatic carbocycles. The number of nitrogens with zero attached hydrogens (tertiary/aromatic N) is 2. The van der Waals surface area contributed by atoms with Gasteiger partial charge in [-0.2, -0.15) is 0 Å². The number of nitrogen functional groups attached to an aromatic ring is 1. The lowest BCUT2D eigenvalue weighted by molar-refractivity contribution is 0.0935. The lowest BCUT2D eigenvalue weighted by atomic mass is 10.2. The molecule has 0 spiro atoms. The van der Waals surface area contributed by atoms with Crippen LogP contribution in [-0.4, -0.2) is 15.9 Å². The van der Waals surface area contributed by atoms with Crippen molar-refractivity contribution in [1.82, 2.24) is 15.4 Å². The van der Waals surface area contributed by atoms with E-state index in [4.69, 9.17) is 10.2 Å². The Kier molecular flexibility index (Phi) is 4.28. The van der Waals surface area contributed by atoms with Gasteiger partial charge in [-0.3, -0.25) is 15.6 Å². The zero-order valence-electron chi connectivity index (χ0n) is 12.9. The van der Waals surface area contributed by atoms with Gasteiger partial charge in [0.15, 0.2) is 17.4 Å². The van der Waals surface area contributed by atoms with Crippen LogP contribution in [0.1, 0.15) is 16.1 Å². The molecule has 3 rings (SSSR count). The number of aromatic nitrogens is 2. The molecule has 0 aliphatic carbocycles. The van der Waals surface area contributed by atoms with E-state index in [9.17, 15) is 4.79 Å². The first-order valence-electron chi connectivity index (χ1n) is 7.17. The number of hydrogen-bond acceptors (Lipinski definition) is 7. The number of hydrogen-bond donors (Lipinski definition) is 4. The van der Waals surface area contributed by atoms with Gasteiger partial charge in [0.1, 0.15) is 12.0 Å². The van der Waals surface area contributed by atoms with E-state index in [2.05, 4.69) is 26.1 Å². The highest BCUT2D eigenvalue weighted by Crippen LogP contribution is 2.25. The maximum atomic E-state index is 11.8. The number of carbonyl (C=O) groups is 1. The second-order valence-corrected chi connectivity index (χ2v) is 5.03. The van der Waals surface area contributed by atoms with Crippen molar-refractivity contribution >= 4 is 28.9 Å². The normalized spacial score (nSPS) is 10.2. The fourth-order valence-corrected chi connectivity index (χ4v) is 1.95. The lowest BCUT2D eigenvalue weighted by Crippen LogP contribution is -2.30. The first-order chi connectivity index (χ1) is 11.6. The molecule has 8 nitrogen and oxygen atoms in total. The van der Waals surface area contributed by atoms with Gasteiger partial charge < -0.3 is 15.5 Å². The van der Waals surface area contributed by atoms with E-state index in [1.54, 1.807) is 12.1 Å². The molecule has 2 heterocycles. The van der Waals surface area contributed by atoms with Crippen molar-refractivity contribution in [3.63, 3.8) is 0 Å². The first-order valence-corrected chi connectivity index (χ1v) is 7.17. The second-order valence-electron chi connectivity index (χ2n) is 5.03. The minimum absolute atomic E-state index is 0.174. The molecule has 24 heavy (non-hydrogen) atoms. The average Bonchev–Trinajstić information content (AvgIpc) is 3.12. The number of nitrogens with one attached hydrogen (secondary N) is 3. The number of furan rings is 1. The minimum atomic E-state index is -0.439. The molecule has 0 aliphatic rings. The van der Waals surface area contributed by atoms with Crippen LogP contribution >= 0.6 is 0 Å². The Morgan fingerprint density at radius 2 is 1.88 bits per heavy atom. The van der Waals surface area contributed by atoms with Crippen LogP contribution in [-0.2, 0) is 0 Å². The molecular weight excluding hydrogens is 308 g/mol. The monoisotopic (exact) mass is 324 g/mol. The zero-order chi connectivity index (χ0) is 16.9. The fourth-order valence-electron chi connectivity index (χ4n) is 1.95. The molecule has 0 saturated carbocycles. The number of hydrazine groups is 1. The standard InChI is InChI=1S/C16H16N6O2/c1-10-4-6-11(7-5-10)20-14-13(17)15(19-9-18-14)21-22-16(23)12-3-2-8-24-12/h2-9H,17H2,1H3,(H,22,23)(H2,18,19,20,21). The summed E-state index contributed by atoms with van der Waals surface area (Å²) in [6, 6.07) is 11.0. The van der Waals surface area contributed by atoms with Crippen molar-refractivity contribution < 1.29 is 9.21 Å². The Hall–Kier alpha value is -3.55. The van der Waals surface area contributed by atoms with Crippen LogP contribution in [0.25, 0.3) is 0 Å². The molecule has 2 aromatic heterocycles. The highest BCUT2D eigenvalue weighted by atomic mass is 16.3. The van der Waals surface area contributed by atoms with Crippen LogP contribution in [0.15, 0.2) is 53.4 Å². The largest absolute Gasteiger partial charge is 0.459 e. The molecule has 0 unspecified atom stereocenters. The van der Waals surface area contributed by atoms with Gasteiger partial charge >= 0.3 is 5.91 Å². The van der Waals surface area contributed by atoms with Crippen LogP contribution in [0, 0.1) is 6.92 Å². The van der Waals surface area contributed by atoms with Gasteiger partial charge in [-0.25, -0.2) is 9.97 Å². The summed E-state index contributed by atoms with van der Waals surface area (Å²) in [6.07, 6.45) is 2.76. The van der Waals surface area contributed by atoms with Crippen molar-refractivity contribution in [1.29, 1.82) is 0 Å². The van der Waals surface area contributed by atoms with E-state index < -0.39 is 5.91 Å². The predicted molar refractivity (Wildman–Crippen MR) is 90.7 cm³/mol. The number of amides is 1. The molecule has 8 heteroatoms. The van der Waals surface area contributed by atoms with Crippen molar-refractivity contribution in [2.75, 3.05) is 16.5 Å². The minimum Gasteiger partial charge on any atom is -0.459 e. The van der Waals surface area contributed by atoms with E-state index >= 15 is 0 Å². The Labute approximate surface area is 138 Å². The van der Waals surface area contributed by atoms with Gasteiger partial charge in [0.2, 0.25) is 0 Å². The van der Waals surface area contributed by atoms with Gasteiger partial charge in [0.25, 0.3) is 0 Å². The Bertz CT molecular complexity index is 830. The summed E-state index contributed by atoms with van der Waals surface area (Å²) in [4.78, 5) is 20.0. The van der Waals surface area contributed by atoms with Crippen LogP contribution in [0.2, 0.25) is 0 Å². The van der Waals surface area contributed by atoms with Crippen LogP contribution in [0.3, 0.4) is 0 Å². The topological polar surface area (TPSA) is 118 Å². The molecule has 0 saturated heterocycles. The van der Waals surface area contributed by atoms with Crippen LogP contribution in [0.5, 0.6) is 0 Å². The van der Waals surface area contributed by atoms with Crippen molar-refractivity contribution in [2.45, 2.75) is 6.92 Å². The van der Waals surface area contributed by atoms with E-state index in [0.29, 0.717) is 5.82 Å². The average molecular weight is 324 g/mol. The number of benzene rings is 1. The number of nitrogens with two attached hydrogens (primary N) is 1. The Balaban J connectivity index is 1.71. The third-order valence-corrected chi connectivity index (χ3v) is 3.24. The zero-order valence-corrected chi connectivity index (χ0v) is 12.9. The summed E-state index contributed by atoms with van der Waals surface area (Å²) in [7, 11) is 0. The van der Waals surface area contributed by atoms with Crippen molar-refractivity contribution in [2.24, 2.45) is 0 Å². The molecule has 1 amide bonds. The van der Waals surface area contributed by atoms with Crippen molar-refractivity contribution in [3.8, 4) is 0 Å². The third-order valence-electron chi connectivity index (χ3n) is 3.24. The fraction of sp³-hybridized carbons (Fsp3) is 0.0625. The molecule has 0 aliphatic heterocycles. The summed E-state index contributed by atoms with van der Waals surface area (Å²) >= 11 is 0. The van der Waals surface area contributed by atoms with Crippen molar-refractivity contribution in [3.05, 3.63) is 60.3 Å². The van der Waals surface area contributed by atoms with Gasteiger partial charge in [0, 0.05) is 5.69 Å². The number of anilines is 4. The lowest BCUT2D eigenvalue weighted by Gasteiger charge is -2.12. The van der Waals surface area contributed by atoms with E-state index in [-0.39, 0.29) is 17.3 Å². The smallest absolute Gasteiger partial charge is 0.305 e. The molecule has 0 bridgehead atoms. The summed E-state index contributed by atoms with van der Waals surface area (Å²) in [5.41, 5.74) is 13.4. The number of rotatable bonds is 5. The summed E-state index contributed by atoms with van der Waals surface area (Å²) < 4.78 is 5.00. The number of aryl methyl sites for hydroxylation is 1. The molecule has 5 N–H and O–H groups in total. The maximum Gasteiger partial charge on any atom is 0.305 e. The molecular formula is C16H16N6O2. The predicted octanol–water partition coefficient (Wildman–Crippen LogP) is 2.46. The van der Waals surface area contributed by atoms with Gasteiger partial charge in [-0.05, 0) is 31.2 Å². The molecule has 0 atom stereocenters. The Morgan fingerprint density at radius 1 is 1.12 bits per heavy atom. The maximum absolute atomic E-state index is 11.8. The highest BCUT2D eigenvalue weighted by Gasteiger charge is 2.11. The van der Waals surface area contributed by atoms with E-state index in [0.717, 1.165) is 11.3 Å². The van der Waals surface area contributed by atoms with Gasteiger partial charge in [-0.1, -0.05) is 17.7 Å². The van der Waals surface area contributed by atoms with Crippen LogP contribution < -0.4 is 21.9 Å². The van der Waals surface area contributed by atoms with Gasteiger partial charge in [0.05, 0.1) is 6.26 Å². The van der Waals surface area contributed by atoms with E-state index in [1.165, 1.54) is 12.6 Å². The molecule has 122 valence electrons. The summed E-state index contributed by atoms with van der Waals surface area (Å²) in [5, 5.41) is 3.11. The quantitative estimate of drug-likeness (QED) is 0.532. The second kappa shape index (κ2) is 6.69.